The van der Waals surface area contributed by atoms with Crippen LogP contribution < -0.4 is 10.2 Å². The SMILES string of the molecule is Cc1ccoc1C(=O)Nc1ncc(N2C(=O)c3ccccc3C2=O)cn1. The highest BCUT2D eigenvalue weighted by Crippen LogP contribution is 2.27. The maximum Gasteiger partial charge on any atom is 0.293 e. The molecule has 3 heterocycles. The van der Waals surface area contributed by atoms with E-state index in [0.717, 1.165) is 4.90 Å². The molecule has 0 unspecified atom stereocenters. The van der Waals surface area contributed by atoms with E-state index in [-0.39, 0.29) is 17.4 Å². The summed E-state index contributed by atoms with van der Waals surface area (Å²) in [5, 5.41) is 2.50. The number of nitrogens with zero attached hydrogens (tertiary/aromatic N) is 3. The van der Waals surface area contributed by atoms with Gasteiger partial charge in [-0.15, -0.1) is 0 Å². The monoisotopic (exact) mass is 348 g/mol. The number of carbonyl (C=O) groups excluding carboxylic acids is 3. The Kier molecular flexibility index (Phi) is 3.58. The van der Waals surface area contributed by atoms with E-state index in [4.69, 9.17) is 4.42 Å². The number of hydrogen-bond donors (Lipinski definition) is 1. The minimum absolute atomic E-state index is 0.0335. The van der Waals surface area contributed by atoms with E-state index in [1.807, 2.05) is 0 Å². The van der Waals surface area contributed by atoms with Crippen LogP contribution in [-0.4, -0.2) is 27.7 Å². The van der Waals surface area contributed by atoms with Gasteiger partial charge in [0.05, 0.1) is 35.5 Å². The fourth-order valence-electron chi connectivity index (χ4n) is 2.69. The van der Waals surface area contributed by atoms with Crippen molar-refractivity contribution in [2.45, 2.75) is 6.92 Å². The first-order valence-electron chi connectivity index (χ1n) is 7.71. The molecule has 3 aromatic rings. The minimum atomic E-state index is -0.485. The summed E-state index contributed by atoms with van der Waals surface area (Å²) in [7, 11) is 0. The van der Waals surface area contributed by atoms with Crippen molar-refractivity contribution in [1.29, 1.82) is 0 Å². The number of furan rings is 1. The zero-order chi connectivity index (χ0) is 18.3. The van der Waals surface area contributed by atoms with Gasteiger partial charge in [0.2, 0.25) is 5.95 Å². The molecule has 0 radical (unpaired) electrons. The van der Waals surface area contributed by atoms with Crippen molar-refractivity contribution >= 4 is 29.4 Å². The molecule has 1 aromatic carbocycles. The van der Waals surface area contributed by atoms with Crippen LogP contribution in [0.5, 0.6) is 0 Å². The van der Waals surface area contributed by atoms with Gasteiger partial charge in [0.15, 0.2) is 5.76 Å². The summed E-state index contributed by atoms with van der Waals surface area (Å²) in [4.78, 5) is 46.0. The number of imide groups is 1. The highest BCUT2D eigenvalue weighted by atomic mass is 16.3. The molecule has 1 aliphatic rings. The van der Waals surface area contributed by atoms with Crippen LogP contribution in [0, 0.1) is 6.92 Å². The van der Waals surface area contributed by atoms with Gasteiger partial charge in [-0.3, -0.25) is 19.7 Å². The van der Waals surface area contributed by atoms with E-state index >= 15 is 0 Å². The first kappa shape index (κ1) is 15.7. The number of aryl methyl sites for hydroxylation is 1. The third-order valence-corrected chi connectivity index (χ3v) is 3.98. The van der Waals surface area contributed by atoms with Gasteiger partial charge in [-0.05, 0) is 25.1 Å². The predicted octanol–water partition coefficient (Wildman–Crippen LogP) is 2.43. The Morgan fingerprint density at radius 1 is 1.04 bits per heavy atom. The number of hydrogen-bond acceptors (Lipinski definition) is 6. The Labute approximate surface area is 147 Å². The highest BCUT2D eigenvalue weighted by Gasteiger charge is 2.36. The molecular formula is C18H12N4O4. The molecule has 26 heavy (non-hydrogen) atoms. The number of benzene rings is 1. The molecule has 0 spiro atoms. The van der Waals surface area contributed by atoms with E-state index in [1.165, 1.54) is 18.7 Å². The standard InChI is InChI=1S/C18H12N4O4/c1-10-6-7-26-14(10)15(23)21-18-19-8-11(9-20-18)22-16(24)12-4-2-3-5-13(12)17(22)25/h2-9H,1H3,(H,19,20,21,23). The van der Waals surface area contributed by atoms with Crippen molar-refractivity contribution in [3.05, 3.63) is 71.4 Å². The van der Waals surface area contributed by atoms with Gasteiger partial charge in [-0.2, -0.15) is 0 Å². The molecule has 1 aliphatic heterocycles. The largest absolute Gasteiger partial charge is 0.459 e. The Morgan fingerprint density at radius 3 is 2.19 bits per heavy atom. The van der Waals surface area contributed by atoms with Crippen molar-refractivity contribution < 1.29 is 18.8 Å². The van der Waals surface area contributed by atoms with Crippen LogP contribution >= 0.6 is 0 Å². The number of amides is 3. The molecule has 0 saturated carbocycles. The zero-order valence-electron chi connectivity index (χ0n) is 13.6. The Morgan fingerprint density at radius 2 is 1.65 bits per heavy atom. The summed E-state index contributed by atoms with van der Waals surface area (Å²) in [5.74, 6) is -1.15. The lowest BCUT2D eigenvalue weighted by Gasteiger charge is -2.13. The highest BCUT2D eigenvalue weighted by molar-refractivity contribution is 6.34. The van der Waals surface area contributed by atoms with Crippen molar-refractivity contribution in [2.24, 2.45) is 0 Å². The second kappa shape index (κ2) is 5.92. The Balaban J connectivity index is 1.56. The van der Waals surface area contributed by atoms with E-state index in [0.29, 0.717) is 16.7 Å². The van der Waals surface area contributed by atoms with Crippen molar-refractivity contribution in [2.75, 3.05) is 10.2 Å². The molecule has 2 aromatic heterocycles. The first-order valence-corrected chi connectivity index (χ1v) is 7.71. The lowest BCUT2D eigenvalue weighted by atomic mass is 10.1. The summed E-state index contributed by atoms with van der Waals surface area (Å²) in [5.41, 5.74) is 1.58. The molecule has 1 N–H and O–H groups in total. The van der Waals surface area contributed by atoms with Crippen molar-refractivity contribution in [3.63, 3.8) is 0 Å². The molecule has 3 amide bonds. The van der Waals surface area contributed by atoms with Crippen LogP contribution in [0.25, 0.3) is 0 Å². The van der Waals surface area contributed by atoms with E-state index < -0.39 is 17.7 Å². The van der Waals surface area contributed by atoms with Crippen LogP contribution in [0.2, 0.25) is 0 Å². The lowest BCUT2D eigenvalue weighted by Crippen LogP contribution is -2.29. The van der Waals surface area contributed by atoms with Gasteiger partial charge >= 0.3 is 0 Å². The quantitative estimate of drug-likeness (QED) is 0.729. The van der Waals surface area contributed by atoms with Gasteiger partial charge < -0.3 is 4.42 Å². The fraction of sp³-hybridized carbons (Fsp3) is 0.0556. The summed E-state index contributed by atoms with van der Waals surface area (Å²) in [6.45, 7) is 1.74. The number of nitrogens with one attached hydrogen (secondary N) is 1. The Bertz CT molecular complexity index is 1000. The number of rotatable bonds is 3. The third kappa shape index (κ3) is 2.44. The molecule has 0 aliphatic carbocycles. The number of carbonyl (C=O) groups is 3. The number of anilines is 2. The summed E-state index contributed by atoms with van der Waals surface area (Å²) in [6, 6.07) is 8.24. The summed E-state index contributed by atoms with van der Waals surface area (Å²) >= 11 is 0. The zero-order valence-corrected chi connectivity index (χ0v) is 13.6. The van der Waals surface area contributed by atoms with Gasteiger partial charge in [0, 0.05) is 5.56 Å². The van der Waals surface area contributed by atoms with Crippen molar-refractivity contribution in [1.82, 2.24) is 9.97 Å². The lowest BCUT2D eigenvalue weighted by molar-refractivity contribution is 0.0924. The average Bonchev–Trinajstić information content (AvgIpc) is 3.18. The van der Waals surface area contributed by atoms with E-state index in [2.05, 4.69) is 15.3 Å². The second-order valence-corrected chi connectivity index (χ2v) is 5.64. The molecule has 0 atom stereocenters. The van der Waals surface area contributed by atoms with Crippen LogP contribution in [-0.2, 0) is 0 Å². The van der Waals surface area contributed by atoms with Crippen LogP contribution in [0.4, 0.5) is 11.6 Å². The molecular weight excluding hydrogens is 336 g/mol. The van der Waals surface area contributed by atoms with Crippen LogP contribution in [0.3, 0.4) is 0 Å². The smallest absolute Gasteiger partial charge is 0.293 e. The maximum absolute atomic E-state index is 12.4. The van der Waals surface area contributed by atoms with Gasteiger partial charge in [0.25, 0.3) is 17.7 Å². The number of fused-ring (bicyclic) bond motifs is 1. The summed E-state index contributed by atoms with van der Waals surface area (Å²) < 4.78 is 5.10. The maximum atomic E-state index is 12.4. The molecule has 0 saturated heterocycles. The predicted molar refractivity (Wildman–Crippen MR) is 91.0 cm³/mol. The average molecular weight is 348 g/mol. The molecule has 8 nitrogen and oxygen atoms in total. The van der Waals surface area contributed by atoms with Crippen LogP contribution in [0.1, 0.15) is 36.8 Å². The van der Waals surface area contributed by atoms with Crippen LogP contribution in [0.15, 0.2) is 53.4 Å². The fourth-order valence-corrected chi connectivity index (χ4v) is 2.69. The van der Waals surface area contributed by atoms with E-state index in [1.54, 1.807) is 37.3 Å². The number of aromatic nitrogens is 2. The minimum Gasteiger partial charge on any atom is -0.459 e. The van der Waals surface area contributed by atoms with Gasteiger partial charge in [-0.25, -0.2) is 14.9 Å². The normalized spacial score (nSPS) is 13.0. The van der Waals surface area contributed by atoms with E-state index in [9.17, 15) is 14.4 Å². The van der Waals surface area contributed by atoms with Gasteiger partial charge in [-0.1, -0.05) is 12.1 Å². The molecule has 8 heteroatoms. The molecule has 0 fully saturated rings. The summed E-state index contributed by atoms with van der Waals surface area (Å²) in [6.07, 6.45) is 4.02. The first-order chi connectivity index (χ1) is 12.6. The molecule has 0 bridgehead atoms. The third-order valence-electron chi connectivity index (χ3n) is 3.98. The molecule has 4 rings (SSSR count). The van der Waals surface area contributed by atoms with Gasteiger partial charge in [0.1, 0.15) is 0 Å². The van der Waals surface area contributed by atoms with Crippen molar-refractivity contribution in [3.8, 4) is 0 Å². The second-order valence-electron chi connectivity index (χ2n) is 5.64. The molecule has 128 valence electrons. The Hall–Kier alpha value is -3.81. The topological polar surface area (TPSA) is 105 Å².